The number of hydrogen-bond donors (Lipinski definition) is 0. The molecule has 1 fully saturated rings. The summed E-state index contributed by atoms with van der Waals surface area (Å²) < 4.78 is 77.4. The molecule has 0 saturated carbocycles. The second-order valence-electron chi connectivity index (χ2n) is 6.10. The van der Waals surface area contributed by atoms with Crippen LogP contribution >= 0.6 is 0 Å². The van der Waals surface area contributed by atoms with Gasteiger partial charge in [-0.1, -0.05) is 26.2 Å². The fourth-order valence-electron chi connectivity index (χ4n) is 3.47. The van der Waals surface area contributed by atoms with Gasteiger partial charge in [0.2, 0.25) is 5.82 Å². The topological polar surface area (TPSA) is 27.7 Å². The van der Waals surface area contributed by atoms with Crippen molar-refractivity contribution in [1.29, 1.82) is 0 Å². The molecule has 1 aromatic rings. The Hall–Kier alpha value is -1.03. The molecule has 9 heteroatoms. The Morgan fingerprint density at radius 3 is 1.88 bits per heavy atom. The summed E-state index contributed by atoms with van der Waals surface area (Å²) in [6.45, 7) is 2.19. The lowest BCUT2D eigenvalue weighted by atomic mass is 10.1. The van der Waals surface area contributed by atoms with Gasteiger partial charge >= 0.3 is 8.56 Å². The third kappa shape index (κ3) is 4.44. The molecule has 150 valence electrons. The molecule has 1 atom stereocenters. The highest BCUT2D eigenvalue weighted by atomic mass is 28.4. The normalized spacial score (nSPS) is 21.9. The number of benzene rings is 1. The first kappa shape index (κ1) is 23.0. The Morgan fingerprint density at radius 2 is 1.46 bits per heavy atom. The quantitative estimate of drug-likeness (QED) is 0.301. The van der Waals surface area contributed by atoms with Gasteiger partial charge < -0.3 is 13.6 Å². The summed E-state index contributed by atoms with van der Waals surface area (Å²) in [6, 6.07) is 1.00. The Labute approximate surface area is 151 Å². The maximum Gasteiger partial charge on any atom is 0.370 e. The largest absolute Gasteiger partial charge is 0.396 e. The van der Waals surface area contributed by atoms with Gasteiger partial charge in [-0.3, -0.25) is 0 Å². The van der Waals surface area contributed by atoms with E-state index in [-0.39, 0.29) is 11.3 Å². The lowest BCUT2D eigenvalue weighted by Crippen LogP contribution is -2.64. The summed E-state index contributed by atoms with van der Waals surface area (Å²) in [5.41, 5.74) is 0. The molecule has 1 heterocycles. The van der Waals surface area contributed by atoms with Crippen LogP contribution in [-0.4, -0.2) is 35.1 Å². The lowest BCUT2D eigenvalue weighted by Gasteiger charge is -2.47. The predicted octanol–water partition coefficient (Wildman–Crippen LogP) is 5.01. The van der Waals surface area contributed by atoms with E-state index in [9.17, 15) is 22.0 Å². The van der Waals surface area contributed by atoms with Crippen LogP contribution in [0.1, 0.15) is 39.0 Å². The van der Waals surface area contributed by atoms with E-state index in [0.29, 0.717) is 0 Å². The van der Waals surface area contributed by atoms with Gasteiger partial charge in [-0.15, -0.1) is 0 Å². The first-order valence-electron chi connectivity index (χ1n) is 8.38. The molecule has 0 aliphatic carbocycles. The molecule has 0 radical (unpaired) electrons. The molecule has 1 aliphatic heterocycles. The molecule has 0 bridgehead atoms. The summed E-state index contributed by atoms with van der Waals surface area (Å²) >= 11 is 0. The van der Waals surface area contributed by atoms with E-state index >= 15 is 0 Å². The monoisotopic (exact) mass is 400 g/mol. The van der Waals surface area contributed by atoms with Crippen molar-refractivity contribution in [3.05, 3.63) is 35.2 Å². The van der Waals surface area contributed by atoms with E-state index in [1.165, 1.54) is 12.8 Å². The molecule has 1 saturated heterocycles. The predicted molar refractivity (Wildman–Crippen MR) is 89.3 cm³/mol. The zero-order valence-electron chi connectivity index (χ0n) is 15.4. The molecular weight excluding hydrogens is 375 g/mol. The van der Waals surface area contributed by atoms with E-state index in [4.69, 9.17) is 13.6 Å². The first-order valence-corrected chi connectivity index (χ1v) is 10.4. The number of rotatable bonds is 5. The average Bonchev–Trinajstić information content (AvgIpc) is 2.66. The second kappa shape index (κ2) is 9.77. The molecule has 0 N–H and O–H groups in total. The van der Waals surface area contributed by atoms with Crippen LogP contribution in [0.2, 0.25) is 6.04 Å². The van der Waals surface area contributed by atoms with Crippen molar-refractivity contribution in [2.75, 3.05) is 21.3 Å². The number of hydrogen-bond acceptors (Lipinski definition) is 3. The molecule has 3 nitrogen and oxygen atoms in total. The van der Waals surface area contributed by atoms with Crippen molar-refractivity contribution in [3.8, 4) is 0 Å². The SMILES string of the molecule is CCCC1(OC)CCCC[Si]1(OC)OC.Fc1cc(F)c(F)c(F)c1F. The summed E-state index contributed by atoms with van der Waals surface area (Å²) in [5, 5.41) is -0.122. The van der Waals surface area contributed by atoms with E-state index in [1.54, 1.807) is 21.3 Å². The van der Waals surface area contributed by atoms with Crippen LogP contribution in [-0.2, 0) is 13.6 Å². The van der Waals surface area contributed by atoms with Gasteiger partial charge in [0.05, 0.1) is 0 Å². The molecule has 1 aromatic carbocycles. The number of methoxy groups -OCH3 is 1. The minimum atomic E-state index is -2.15. The van der Waals surface area contributed by atoms with Crippen LogP contribution in [0.5, 0.6) is 0 Å². The fourth-order valence-corrected chi connectivity index (χ4v) is 7.46. The van der Waals surface area contributed by atoms with Gasteiger partial charge in [0, 0.05) is 27.4 Å². The van der Waals surface area contributed by atoms with Gasteiger partial charge in [-0.2, -0.15) is 0 Å². The van der Waals surface area contributed by atoms with Crippen LogP contribution in [0.25, 0.3) is 0 Å². The van der Waals surface area contributed by atoms with Crippen LogP contribution < -0.4 is 0 Å². The maximum atomic E-state index is 12.0. The van der Waals surface area contributed by atoms with Gasteiger partial charge in [0.15, 0.2) is 23.3 Å². The Kier molecular flexibility index (Phi) is 8.65. The van der Waals surface area contributed by atoms with Gasteiger partial charge in [-0.25, -0.2) is 22.0 Å². The summed E-state index contributed by atoms with van der Waals surface area (Å²) in [5.74, 6) is -9.65. The third-order valence-electron chi connectivity index (χ3n) is 4.79. The van der Waals surface area contributed by atoms with Crippen LogP contribution in [0.3, 0.4) is 0 Å². The molecule has 1 aliphatic rings. The highest BCUT2D eigenvalue weighted by Crippen LogP contribution is 2.42. The highest BCUT2D eigenvalue weighted by molar-refractivity contribution is 6.70. The first-order chi connectivity index (χ1) is 12.2. The van der Waals surface area contributed by atoms with Gasteiger partial charge in [0.25, 0.3) is 0 Å². The van der Waals surface area contributed by atoms with E-state index in [1.807, 2.05) is 0 Å². The minimum absolute atomic E-state index is 0.0618. The van der Waals surface area contributed by atoms with E-state index < -0.39 is 37.6 Å². The Bertz CT molecular complexity index is 568. The molecule has 1 unspecified atom stereocenters. The van der Waals surface area contributed by atoms with E-state index in [2.05, 4.69) is 6.92 Å². The van der Waals surface area contributed by atoms with Crippen LogP contribution in [0.15, 0.2) is 6.07 Å². The van der Waals surface area contributed by atoms with Crippen molar-refractivity contribution >= 4 is 8.56 Å². The summed E-state index contributed by atoms with van der Waals surface area (Å²) in [7, 11) is 3.22. The Morgan fingerprint density at radius 1 is 0.923 bits per heavy atom. The second-order valence-corrected chi connectivity index (χ2v) is 9.83. The van der Waals surface area contributed by atoms with Gasteiger partial charge in [-0.05, 0) is 18.9 Å². The zero-order valence-corrected chi connectivity index (χ0v) is 16.4. The molecule has 2 rings (SSSR count). The molecular formula is C17H25F5O3Si. The number of ether oxygens (including phenoxy) is 1. The molecule has 0 aromatic heterocycles. The molecule has 0 spiro atoms. The smallest absolute Gasteiger partial charge is 0.370 e. The average molecular weight is 400 g/mol. The summed E-state index contributed by atoms with van der Waals surface area (Å²) in [6.07, 6.45) is 5.70. The highest BCUT2D eigenvalue weighted by Gasteiger charge is 2.58. The van der Waals surface area contributed by atoms with Crippen LogP contribution in [0.4, 0.5) is 22.0 Å². The van der Waals surface area contributed by atoms with E-state index in [0.717, 1.165) is 25.3 Å². The maximum absolute atomic E-state index is 12.0. The molecule has 0 amide bonds. The van der Waals surface area contributed by atoms with Crippen molar-refractivity contribution in [2.24, 2.45) is 0 Å². The third-order valence-corrected chi connectivity index (χ3v) is 9.22. The minimum Gasteiger partial charge on any atom is -0.396 e. The summed E-state index contributed by atoms with van der Waals surface area (Å²) in [4.78, 5) is 0. The van der Waals surface area contributed by atoms with Crippen molar-refractivity contribution < 1.29 is 35.5 Å². The van der Waals surface area contributed by atoms with Crippen molar-refractivity contribution in [1.82, 2.24) is 0 Å². The van der Waals surface area contributed by atoms with Gasteiger partial charge in [0.1, 0.15) is 5.22 Å². The van der Waals surface area contributed by atoms with Crippen molar-refractivity contribution in [2.45, 2.75) is 50.3 Å². The zero-order chi connectivity index (χ0) is 20.0. The fraction of sp³-hybridized carbons (Fsp3) is 0.647. The Balaban J connectivity index is 0.000000273. The molecule has 26 heavy (non-hydrogen) atoms. The van der Waals surface area contributed by atoms with Crippen molar-refractivity contribution in [3.63, 3.8) is 0 Å². The van der Waals surface area contributed by atoms with Crippen LogP contribution in [0, 0.1) is 29.1 Å². The lowest BCUT2D eigenvalue weighted by molar-refractivity contribution is -0.0149. The standard InChI is InChI=1S/C11H24O3Si.C6HF5/c1-5-8-11(12-2)9-6-7-10-15(11,13-3)14-4;7-2-1-3(8)5(10)6(11)4(2)9/h5-10H2,1-4H3;1H. The number of halogens is 5.